The van der Waals surface area contributed by atoms with Gasteiger partial charge in [0.25, 0.3) is 0 Å². The maximum atomic E-state index is 11.9. The summed E-state index contributed by atoms with van der Waals surface area (Å²) >= 11 is 0. The lowest BCUT2D eigenvalue weighted by atomic mass is 10.1. The molecule has 0 atom stereocenters. The molecule has 1 aliphatic rings. The molecule has 0 unspecified atom stereocenters. The van der Waals surface area contributed by atoms with Crippen LogP contribution in [0.4, 0.5) is 16.2 Å². The molecule has 5 heteroatoms. The first kappa shape index (κ1) is 11.5. The van der Waals surface area contributed by atoms with Gasteiger partial charge in [0, 0.05) is 35.8 Å². The number of amides is 2. The fourth-order valence-corrected chi connectivity index (χ4v) is 2.06. The molecule has 0 spiro atoms. The zero-order valence-electron chi connectivity index (χ0n) is 10.2. The van der Waals surface area contributed by atoms with Crippen LogP contribution in [0.3, 0.4) is 0 Å². The van der Waals surface area contributed by atoms with Crippen molar-refractivity contribution in [2.75, 3.05) is 17.2 Å². The van der Waals surface area contributed by atoms with Crippen LogP contribution in [0.5, 0.6) is 5.75 Å². The fraction of sp³-hybridized carbons (Fsp3) is 0.143. The first-order valence-electron chi connectivity index (χ1n) is 6.05. The number of ether oxygens (including phenoxy) is 1. The van der Waals surface area contributed by atoms with Gasteiger partial charge in [-0.3, -0.25) is 4.98 Å². The van der Waals surface area contributed by atoms with Crippen LogP contribution in [-0.4, -0.2) is 17.6 Å². The number of hydrogen-bond acceptors (Lipinski definition) is 3. The average molecular weight is 255 g/mol. The van der Waals surface area contributed by atoms with Crippen molar-refractivity contribution in [3.05, 3.63) is 48.3 Å². The zero-order valence-corrected chi connectivity index (χ0v) is 10.2. The molecular formula is C14H13N3O2. The molecule has 0 aliphatic carbocycles. The Morgan fingerprint density at radius 3 is 2.84 bits per heavy atom. The molecule has 2 amide bonds. The fourth-order valence-electron chi connectivity index (χ4n) is 2.06. The highest BCUT2D eigenvalue weighted by Gasteiger charge is 2.16. The van der Waals surface area contributed by atoms with E-state index < -0.39 is 0 Å². The molecule has 2 N–H and O–H groups in total. The van der Waals surface area contributed by atoms with E-state index in [0.29, 0.717) is 12.3 Å². The Morgan fingerprint density at radius 2 is 2.00 bits per heavy atom. The number of hydrogen-bond donors (Lipinski definition) is 2. The van der Waals surface area contributed by atoms with E-state index in [1.165, 1.54) is 0 Å². The van der Waals surface area contributed by atoms with Gasteiger partial charge in [0.2, 0.25) is 0 Å². The lowest BCUT2D eigenvalue weighted by molar-refractivity contribution is 0.262. The van der Waals surface area contributed by atoms with Crippen LogP contribution in [-0.2, 0) is 6.42 Å². The number of carbonyl (C=O) groups is 1. The number of nitrogens with zero attached hydrogens (tertiary/aromatic N) is 1. The molecule has 3 rings (SSSR count). The molecule has 5 nitrogen and oxygen atoms in total. The number of urea groups is 1. The van der Waals surface area contributed by atoms with Crippen molar-refractivity contribution in [3.8, 4) is 5.75 Å². The zero-order chi connectivity index (χ0) is 13.1. The minimum absolute atomic E-state index is 0.272. The van der Waals surface area contributed by atoms with Gasteiger partial charge in [0.1, 0.15) is 5.75 Å². The maximum Gasteiger partial charge on any atom is 0.323 e. The molecule has 96 valence electrons. The topological polar surface area (TPSA) is 63.2 Å². The number of nitrogens with one attached hydrogen (secondary N) is 2. The summed E-state index contributed by atoms with van der Waals surface area (Å²) in [5, 5.41) is 5.59. The van der Waals surface area contributed by atoms with Crippen molar-refractivity contribution in [3.63, 3.8) is 0 Å². The van der Waals surface area contributed by atoms with Gasteiger partial charge < -0.3 is 15.4 Å². The predicted molar refractivity (Wildman–Crippen MR) is 72.5 cm³/mol. The van der Waals surface area contributed by atoms with Crippen LogP contribution in [0.1, 0.15) is 5.56 Å². The molecule has 0 bridgehead atoms. The van der Waals surface area contributed by atoms with Crippen molar-refractivity contribution in [2.24, 2.45) is 0 Å². The van der Waals surface area contributed by atoms with Crippen molar-refractivity contribution >= 4 is 17.4 Å². The van der Waals surface area contributed by atoms with E-state index >= 15 is 0 Å². The van der Waals surface area contributed by atoms with Gasteiger partial charge >= 0.3 is 6.03 Å². The summed E-state index contributed by atoms with van der Waals surface area (Å²) < 4.78 is 5.46. The lowest BCUT2D eigenvalue weighted by Crippen LogP contribution is -2.20. The summed E-state index contributed by atoms with van der Waals surface area (Å²) in [5.41, 5.74) is 2.55. The summed E-state index contributed by atoms with van der Waals surface area (Å²) in [7, 11) is 0. The van der Waals surface area contributed by atoms with Gasteiger partial charge in [0.05, 0.1) is 6.61 Å². The lowest BCUT2D eigenvalue weighted by Gasteiger charge is -2.10. The predicted octanol–water partition coefficient (Wildman–Crippen LogP) is 2.66. The van der Waals surface area contributed by atoms with Crippen LogP contribution in [0.25, 0.3) is 0 Å². The number of benzene rings is 1. The second kappa shape index (κ2) is 4.97. The van der Waals surface area contributed by atoms with Crippen molar-refractivity contribution in [1.29, 1.82) is 0 Å². The Kier molecular flexibility index (Phi) is 3.02. The molecule has 0 fully saturated rings. The summed E-state index contributed by atoms with van der Waals surface area (Å²) in [5.74, 6) is 0.849. The average Bonchev–Trinajstić information content (AvgIpc) is 2.89. The normalized spacial score (nSPS) is 12.4. The number of anilines is 2. The molecule has 19 heavy (non-hydrogen) atoms. The third kappa shape index (κ3) is 2.49. The molecule has 2 aromatic rings. The molecule has 2 heterocycles. The first-order valence-corrected chi connectivity index (χ1v) is 6.05. The number of carbonyl (C=O) groups excluding carboxylic acids is 1. The third-order valence-corrected chi connectivity index (χ3v) is 2.93. The van der Waals surface area contributed by atoms with Gasteiger partial charge in [-0.2, -0.15) is 0 Å². The third-order valence-electron chi connectivity index (χ3n) is 2.93. The Hall–Kier alpha value is -2.56. The minimum Gasteiger partial charge on any atom is -0.493 e. The number of pyridine rings is 1. The summed E-state index contributed by atoms with van der Waals surface area (Å²) in [6, 6.07) is 8.85. The summed E-state index contributed by atoms with van der Waals surface area (Å²) in [4.78, 5) is 15.8. The number of rotatable bonds is 2. The molecular weight excluding hydrogens is 242 g/mol. The monoisotopic (exact) mass is 255 g/mol. The molecule has 0 radical (unpaired) electrons. The first-order chi connectivity index (χ1) is 9.33. The van der Waals surface area contributed by atoms with Gasteiger partial charge in [-0.15, -0.1) is 0 Å². The van der Waals surface area contributed by atoms with E-state index in [1.54, 1.807) is 24.5 Å². The van der Waals surface area contributed by atoms with Crippen LogP contribution >= 0.6 is 0 Å². The van der Waals surface area contributed by atoms with E-state index in [-0.39, 0.29) is 6.03 Å². The number of fused-ring (bicyclic) bond motifs is 1. The van der Waals surface area contributed by atoms with Crippen molar-refractivity contribution < 1.29 is 9.53 Å². The summed E-state index contributed by atoms with van der Waals surface area (Å²) in [6.07, 6.45) is 4.08. The Balaban J connectivity index is 1.72. The highest BCUT2D eigenvalue weighted by atomic mass is 16.5. The van der Waals surface area contributed by atoms with Gasteiger partial charge in [-0.1, -0.05) is 6.07 Å². The van der Waals surface area contributed by atoms with Gasteiger partial charge in [-0.05, 0) is 24.3 Å². The largest absolute Gasteiger partial charge is 0.493 e. The SMILES string of the molecule is O=C(Nc1ccncc1)Nc1cccc2c1CCO2. The Morgan fingerprint density at radius 1 is 1.16 bits per heavy atom. The van der Waals surface area contributed by atoms with Crippen LogP contribution < -0.4 is 15.4 Å². The maximum absolute atomic E-state index is 11.9. The molecule has 1 aromatic heterocycles. The van der Waals surface area contributed by atoms with E-state index in [2.05, 4.69) is 15.6 Å². The highest BCUT2D eigenvalue weighted by molar-refractivity contribution is 6.00. The Labute approximate surface area is 110 Å². The van der Waals surface area contributed by atoms with Crippen LogP contribution in [0.2, 0.25) is 0 Å². The van der Waals surface area contributed by atoms with E-state index in [9.17, 15) is 4.79 Å². The molecule has 1 aromatic carbocycles. The van der Waals surface area contributed by atoms with Gasteiger partial charge in [0.15, 0.2) is 0 Å². The quantitative estimate of drug-likeness (QED) is 0.867. The van der Waals surface area contributed by atoms with Crippen LogP contribution in [0.15, 0.2) is 42.7 Å². The Bertz CT molecular complexity index is 599. The standard InChI is InChI=1S/C14H13N3O2/c18-14(16-10-4-7-15-8-5-10)17-12-2-1-3-13-11(12)6-9-19-13/h1-5,7-8H,6,9H2,(H2,15,16,17,18). The van der Waals surface area contributed by atoms with Crippen LogP contribution in [0, 0.1) is 0 Å². The highest BCUT2D eigenvalue weighted by Crippen LogP contribution is 2.31. The second-order valence-corrected chi connectivity index (χ2v) is 4.20. The molecule has 1 aliphatic heterocycles. The molecule has 0 saturated carbocycles. The van der Waals surface area contributed by atoms with E-state index in [0.717, 1.165) is 23.4 Å². The van der Waals surface area contributed by atoms with Gasteiger partial charge in [-0.25, -0.2) is 4.79 Å². The summed E-state index contributed by atoms with van der Waals surface area (Å²) in [6.45, 7) is 0.667. The van der Waals surface area contributed by atoms with E-state index in [4.69, 9.17) is 4.74 Å². The second-order valence-electron chi connectivity index (χ2n) is 4.20. The number of aromatic nitrogens is 1. The smallest absolute Gasteiger partial charge is 0.323 e. The molecule has 0 saturated heterocycles. The van der Waals surface area contributed by atoms with Crippen molar-refractivity contribution in [1.82, 2.24) is 4.98 Å². The minimum atomic E-state index is -0.272. The van der Waals surface area contributed by atoms with Crippen molar-refractivity contribution in [2.45, 2.75) is 6.42 Å². The van der Waals surface area contributed by atoms with E-state index in [1.807, 2.05) is 18.2 Å².